The van der Waals surface area contributed by atoms with Crippen molar-refractivity contribution in [1.82, 2.24) is 0 Å². The molecule has 0 saturated heterocycles. The fourth-order valence-electron chi connectivity index (χ4n) is 0.457. The van der Waals surface area contributed by atoms with Crippen molar-refractivity contribution in [3.05, 3.63) is 0 Å². The van der Waals surface area contributed by atoms with E-state index in [1.54, 1.807) is 0 Å². The van der Waals surface area contributed by atoms with E-state index in [1.165, 1.54) is 0 Å². The van der Waals surface area contributed by atoms with E-state index in [0.717, 1.165) is 0 Å². The number of aliphatic hydroxyl groups is 4. The quantitative estimate of drug-likeness (QED) is 0.210. The first-order chi connectivity index (χ1) is 5.49. The summed E-state index contributed by atoms with van der Waals surface area (Å²) in [6.07, 6.45) is -5.30. The molecule has 0 fully saturated rings. The minimum Gasteiger partial charge on any atom is -0.394 e. The van der Waals surface area contributed by atoms with E-state index < -0.39 is 33.7 Å². The van der Waals surface area contributed by atoms with Gasteiger partial charge in [-0.05, 0) is 0 Å². The van der Waals surface area contributed by atoms with E-state index in [2.05, 4.69) is 4.52 Å². The largest absolute Gasteiger partial charge is 0.394 e. The van der Waals surface area contributed by atoms with Crippen molar-refractivity contribution in [2.75, 3.05) is 6.61 Å². The average Bonchev–Trinajstić information content (AvgIpc) is 2.00. The van der Waals surface area contributed by atoms with E-state index in [-0.39, 0.29) is 0 Å². The first kappa shape index (κ1) is 12.2. The van der Waals surface area contributed by atoms with Crippen LogP contribution in [0.25, 0.3) is 0 Å². The van der Waals surface area contributed by atoms with E-state index in [1.807, 2.05) is 0 Å². The highest BCUT2D eigenvalue weighted by molar-refractivity contribution is 7.39. The highest BCUT2D eigenvalue weighted by Gasteiger charge is 2.26. The van der Waals surface area contributed by atoms with E-state index in [4.69, 9.17) is 30.2 Å². The van der Waals surface area contributed by atoms with Crippen LogP contribution in [0, 0.1) is 0 Å². The normalized spacial score (nSPS) is 19.2. The van der Waals surface area contributed by atoms with Crippen molar-refractivity contribution >= 4 is 8.60 Å². The molecule has 0 saturated carbocycles. The van der Waals surface area contributed by atoms with Crippen LogP contribution in [-0.4, -0.2) is 55.3 Å². The molecule has 12 heavy (non-hydrogen) atoms. The van der Waals surface area contributed by atoms with Crippen molar-refractivity contribution in [3.63, 3.8) is 0 Å². The maximum atomic E-state index is 8.84. The van der Waals surface area contributed by atoms with Gasteiger partial charge < -0.3 is 30.2 Å². The molecule has 74 valence electrons. The molecule has 6 N–H and O–H groups in total. The molecule has 0 aromatic rings. The predicted molar refractivity (Wildman–Crippen MR) is 37.5 cm³/mol. The molecular formula is C4H11O7P. The van der Waals surface area contributed by atoms with Gasteiger partial charge in [-0.25, -0.2) is 0 Å². The van der Waals surface area contributed by atoms with Crippen LogP contribution in [0.3, 0.4) is 0 Å². The Morgan fingerprint density at radius 1 is 1.17 bits per heavy atom. The van der Waals surface area contributed by atoms with Crippen LogP contribution >= 0.6 is 8.60 Å². The molecule has 0 aliphatic carbocycles. The molecule has 7 nitrogen and oxygen atoms in total. The fourth-order valence-corrected chi connectivity index (χ4v) is 0.775. The summed E-state index contributed by atoms with van der Waals surface area (Å²) in [5.41, 5.74) is 0. The van der Waals surface area contributed by atoms with Gasteiger partial charge in [0, 0.05) is 0 Å². The van der Waals surface area contributed by atoms with Gasteiger partial charge in [-0.2, -0.15) is 0 Å². The third-order valence-corrected chi connectivity index (χ3v) is 1.48. The minimum atomic E-state index is -2.80. The summed E-state index contributed by atoms with van der Waals surface area (Å²) in [5, 5.41) is 34.6. The van der Waals surface area contributed by atoms with Crippen molar-refractivity contribution < 1.29 is 34.7 Å². The summed E-state index contributed by atoms with van der Waals surface area (Å²) in [7, 11) is -2.80. The summed E-state index contributed by atoms with van der Waals surface area (Å²) >= 11 is 0. The van der Waals surface area contributed by atoms with Gasteiger partial charge in [-0.1, -0.05) is 0 Å². The van der Waals surface area contributed by atoms with Crippen molar-refractivity contribution in [3.8, 4) is 0 Å². The van der Waals surface area contributed by atoms with Crippen LogP contribution in [-0.2, 0) is 4.52 Å². The van der Waals surface area contributed by atoms with Crippen LogP contribution in [0.1, 0.15) is 0 Å². The van der Waals surface area contributed by atoms with Gasteiger partial charge in [0.1, 0.15) is 12.2 Å². The lowest BCUT2D eigenvalue weighted by atomic mass is 10.2. The van der Waals surface area contributed by atoms with Gasteiger partial charge in [0.05, 0.1) is 6.61 Å². The molecule has 0 aliphatic rings. The topological polar surface area (TPSA) is 131 Å². The zero-order chi connectivity index (χ0) is 9.72. The van der Waals surface area contributed by atoms with Crippen LogP contribution in [0.2, 0.25) is 0 Å². The zero-order valence-corrected chi connectivity index (χ0v) is 6.87. The smallest absolute Gasteiger partial charge is 0.329 e. The van der Waals surface area contributed by atoms with Crippen molar-refractivity contribution in [1.29, 1.82) is 0 Å². The summed E-state index contributed by atoms with van der Waals surface area (Å²) in [6.45, 7) is -0.767. The van der Waals surface area contributed by atoms with Crippen LogP contribution in [0.4, 0.5) is 0 Å². The van der Waals surface area contributed by atoms with Crippen LogP contribution in [0.5, 0.6) is 0 Å². The third-order valence-electron chi connectivity index (χ3n) is 1.08. The summed E-state index contributed by atoms with van der Waals surface area (Å²) in [6, 6.07) is 0. The molecule has 0 aromatic heterocycles. The summed E-state index contributed by atoms with van der Waals surface area (Å²) in [4.78, 5) is 16.4. The zero-order valence-electron chi connectivity index (χ0n) is 5.98. The Bertz CT molecular complexity index is 120. The van der Waals surface area contributed by atoms with E-state index in [9.17, 15) is 0 Å². The molecule has 1 unspecified atom stereocenters. The molecule has 0 bridgehead atoms. The highest BCUT2D eigenvalue weighted by atomic mass is 31.2. The second-order valence-corrected chi connectivity index (χ2v) is 2.71. The molecule has 8 heteroatoms. The molecule has 0 aromatic carbocycles. The molecule has 0 spiro atoms. The molecule has 3 atom stereocenters. The van der Waals surface area contributed by atoms with Gasteiger partial charge in [-0.15, -0.1) is 0 Å². The lowest BCUT2D eigenvalue weighted by Gasteiger charge is -2.21. The first-order valence-corrected chi connectivity index (χ1v) is 4.15. The van der Waals surface area contributed by atoms with Crippen LogP contribution < -0.4 is 0 Å². The number of hydrogen-bond donors (Lipinski definition) is 6. The third kappa shape index (κ3) is 4.24. The van der Waals surface area contributed by atoms with E-state index in [0.29, 0.717) is 0 Å². The van der Waals surface area contributed by atoms with Gasteiger partial charge in [0.15, 0.2) is 6.29 Å². The molecule has 0 amide bonds. The highest BCUT2D eigenvalue weighted by Crippen LogP contribution is 2.27. The Labute approximate surface area is 69.5 Å². The predicted octanol–water partition coefficient (Wildman–Crippen LogP) is -2.75. The molecule has 0 aliphatic heterocycles. The summed E-state index contributed by atoms with van der Waals surface area (Å²) < 4.78 is 3.95. The Morgan fingerprint density at radius 2 is 1.67 bits per heavy atom. The Hall–Kier alpha value is 0.150. The number of rotatable bonds is 5. The Balaban J connectivity index is 3.83. The molecule has 0 radical (unpaired) electrons. The van der Waals surface area contributed by atoms with Gasteiger partial charge in [0.25, 0.3) is 0 Å². The summed E-state index contributed by atoms with van der Waals surface area (Å²) in [5.74, 6) is 0. The SMILES string of the molecule is OC[C@H](O)[C@H](O)C(O)OP(O)O. The standard InChI is InChI=1S/C4H11O7P/c5-1-2(6)3(7)4(8)11-12(9)10/h2-10H,1H2/t2-,3-,4?/m0/s1. The van der Waals surface area contributed by atoms with Gasteiger partial charge in [-0.3, -0.25) is 4.52 Å². The monoisotopic (exact) mass is 202 g/mol. The Morgan fingerprint density at radius 3 is 2.00 bits per heavy atom. The van der Waals surface area contributed by atoms with Crippen LogP contribution in [0.15, 0.2) is 0 Å². The lowest BCUT2D eigenvalue weighted by molar-refractivity contribution is -0.153. The average molecular weight is 202 g/mol. The molecule has 0 heterocycles. The maximum Gasteiger partial charge on any atom is 0.329 e. The van der Waals surface area contributed by atoms with Gasteiger partial charge in [0.2, 0.25) is 0 Å². The lowest BCUT2D eigenvalue weighted by Crippen LogP contribution is -2.40. The minimum absolute atomic E-state index is 0.767. The Kier molecular flexibility index (Phi) is 5.81. The molecule has 0 rings (SSSR count). The second-order valence-electron chi connectivity index (χ2n) is 1.99. The number of hydrogen-bond acceptors (Lipinski definition) is 7. The fraction of sp³-hybridized carbons (Fsp3) is 1.00. The van der Waals surface area contributed by atoms with Crippen molar-refractivity contribution in [2.45, 2.75) is 18.5 Å². The number of aliphatic hydroxyl groups excluding tert-OH is 4. The van der Waals surface area contributed by atoms with E-state index >= 15 is 0 Å². The first-order valence-electron chi connectivity index (χ1n) is 2.98. The van der Waals surface area contributed by atoms with Crippen molar-refractivity contribution in [2.24, 2.45) is 0 Å². The van der Waals surface area contributed by atoms with Gasteiger partial charge >= 0.3 is 8.60 Å². The maximum absolute atomic E-state index is 8.84. The molecular weight excluding hydrogens is 191 g/mol. The second kappa shape index (κ2) is 5.74.